The molecule has 1 fully saturated rings. The maximum atomic E-state index is 10.4. The molecule has 0 amide bonds. The minimum atomic E-state index is -0.708. The summed E-state index contributed by atoms with van der Waals surface area (Å²) < 4.78 is 0.822. The fourth-order valence-corrected chi connectivity index (χ4v) is 3.14. The van der Waals surface area contributed by atoms with Crippen LogP contribution >= 0.6 is 27.3 Å². The van der Waals surface area contributed by atoms with Gasteiger partial charge in [-0.05, 0) is 48.3 Å². The Labute approximate surface area is 95.7 Å². The maximum Gasteiger partial charge on any atom is 0.126 e. The van der Waals surface area contributed by atoms with Gasteiger partial charge in [-0.15, -0.1) is 11.3 Å². The molecule has 0 aromatic carbocycles. The molecule has 3 nitrogen and oxygen atoms in total. The van der Waals surface area contributed by atoms with Crippen molar-refractivity contribution in [1.29, 1.82) is 0 Å². The lowest BCUT2D eigenvalue weighted by molar-refractivity contribution is 0.0237. The molecule has 1 atom stereocenters. The third-order valence-electron chi connectivity index (χ3n) is 2.53. The van der Waals surface area contributed by atoms with Crippen molar-refractivity contribution in [2.45, 2.75) is 24.9 Å². The van der Waals surface area contributed by atoms with Gasteiger partial charge in [-0.3, -0.25) is 0 Å². The monoisotopic (exact) mass is 276 g/mol. The van der Waals surface area contributed by atoms with Gasteiger partial charge in [0.15, 0.2) is 0 Å². The van der Waals surface area contributed by atoms with Gasteiger partial charge >= 0.3 is 0 Å². The van der Waals surface area contributed by atoms with E-state index in [1.165, 1.54) is 11.3 Å². The fraction of sp³-hybridized carbons (Fsp3) is 0.667. The van der Waals surface area contributed by atoms with E-state index in [4.69, 9.17) is 0 Å². The SMILES string of the molecule is OC1(c2nc(Br)cs2)CCCNCC1. The van der Waals surface area contributed by atoms with Gasteiger partial charge in [-0.1, -0.05) is 0 Å². The molecule has 0 spiro atoms. The molecule has 2 N–H and O–H groups in total. The van der Waals surface area contributed by atoms with Crippen LogP contribution in [0.3, 0.4) is 0 Å². The Hall–Kier alpha value is 0.0300. The van der Waals surface area contributed by atoms with Crippen molar-refractivity contribution < 1.29 is 5.11 Å². The summed E-state index contributed by atoms with van der Waals surface area (Å²) in [5.41, 5.74) is -0.708. The molecule has 78 valence electrons. The predicted molar refractivity (Wildman–Crippen MR) is 60.4 cm³/mol. The Balaban J connectivity index is 2.20. The van der Waals surface area contributed by atoms with Crippen LogP contribution in [0, 0.1) is 0 Å². The number of nitrogens with zero attached hydrogens (tertiary/aromatic N) is 1. The second-order valence-corrected chi connectivity index (χ2v) is 5.28. The Bertz CT molecular complexity index is 308. The molecular weight excluding hydrogens is 264 g/mol. The highest BCUT2D eigenvalue weighted by Crippen LogP contribution is 2.34. The first kappa shape index (κ1) is 10.5. The summed E-state index contributed by atoms with van der Waals surface area (Å²) in [4.78, 5) is 4.31. The highest BCUT2D eigenvalue weighted by Gasteiger charge is 2.32. The lowest BCUT2D eigenvalue weighted by atomic mass is 9.96. The largest absolute Gasteiger partial charge is 0.383 e. The average Bonchev–Trinajstić information content (AvgIpc) is 2.47. The summed E-state index contributed by atoms with van der Waals surface area (Å²) in [6, 6.07) is 0. The first-order chi connectivity index (χ1) is 6.71. The van der Waals surface area contributed by atoms with E-state index in [9.17, 15) is 5.11 Å². The lowest BCUT2D eigenvalue weighted by Gasteiger charge is -2.23. The van der Waals surface area contributed by atoms with Crippen LogP contribution in [0.25, 0.3) is 0 Å². The molecular formula is C9H13BrN2OS. The molecule has 0 bridgehead atoms. The van der Waals surface area contributed by atoms with Gasteiger partial charge in [0.05, 0.1) is 0 Å². The van der Waals surface area contributed by atoms with Gasteiger partial charge in [0.25, 0.3) is 0 Å². The quantitative estimate of drug-likeness (QED) is 0.823. The third-order valence-corrected chi connectivity index (χ3v) is 4.28. The Kier molecular flexibility index (Phi) is 3.21. The van der Waals surface area contributed by atoms with E-state index in [1.807, 2.05) is 5.38 Å². The van der Waals surface area contributed by atoms with Crippen molar-refractivity contribution in [3.05, 3.63) is 15.0 Å². The van der Waals surface area contributed by atoms with Crippen molar-refractivity contribution in [2.75, 3.05) is 13.1 Å². The van der Waals surface area contributed by atoms with E-state index in [0.29, 0.717) is 0 Å². The third kappa shape index (κ3) is 2.16. The van der Waals surface area contributed by atoms with Gasteiger partial charge in [0, 0.05) is 5.38 Å². The van der Waals surface area contributed by atoms with Gasteiger partial charge in [-0.25, -0.2) is 4.98 Å². The predicted octanol–water partition coefficient (Wildman–Crippen LogP) is 1.87. The van der Waals surface area contributed by atoms with Crippen LogP contribution in [0.5, 0.6) is 0 Å². The van der Waals surface area contributed by atoms with Gasteiger partial charge in [0.1, 0.15) is 15.2 Å². The number of aromatic nitrogens is 1. The molecule has 5 heteroatoms. The Morgan fingerprint density at radius 2 is 2.36 bits per heavy atom. The average molecular weight is 277 g/mol. The summed E-state index contributed by atoms with van der Waals surface area (Å²) >= 11 is 4.84. The number of nitrogens with one attached hydrogen (secondary N) is 1. The van der Waals surface area contributed by atoms with E-state index in [1.54, 1.807) is 0 Å². The van der Waals surface area contributed by atoms with Crippen molar-refractivity contribution >= 4 is 27.3 Å². The molecule has 1 aromatic rings. The molecule has 2 heterocycles. The smallest absolute Gasteiger partial charge is 0.126 e. The van der Waals surface area contributed by atoms with Crippen LogP contribution in [0.15, 0.2) is 9.98 Å². The standard InChI is InChI=1S/C9H13BrN2OS/c10-7-6-14-8(12-7)9(13)2-1-4-11-5-3-9/h6,11,13H,1-5H2. The molecule has 2 rings (SSSR count). The molecule has 1 aliphatic rings. The van der Waals surface area contributed by atoms with Crippen LogP contribution in [0.2, 0.25) is 0 Å². The van der Waals surface area contributed by atoms with Gasteiger partial charge in [-0.2, -0.15) is 0 Å². The first-order valence-electron chi connectivity index (χ1n) is 4.75. The minimum Gasteiger partial charge on any atom is -0.383 e. The summed E-state index contributed by atoms with van der Waals surface area (Å²) in [6.45, 7) is 1.86. The first-order valence-corrected chi connectivity index (χ1v) is 6.43. The van der Waals surface area contributed by atoms with Gasteiger partial charge in [0.2, 0.25) is 0 Å². The molecule has 1 aliphatic heterocycles. The minimum absolute atomic E-state index is 0.708. The van der Waals surface area contributed by atoms with E-state index >= 15 is 0 Å². The summed E-state index contributed by atoms with van der Waals surface area (Å²) in [7, 11) is 0. The zero-order valence-corrected chi connectivity index (χ0v) is 10.2. The number of aliphatic hydroxyl groups is 1. The van der Waals surface area contributed by atoms with Gasteiger partial charge < -0.3 is 10.4 Å². The van der Waals surface area contributed by atoms with Crippen LogP contribution in [-0.4, -0.2) is 23.2 Å². The van der Waals surface area contributed by atoms with Crippen LogP contribution < -0.4 is 5.32 Å². The van der Waals surface area contributed by atoms with E-state index < -0.39 is 5.60 Å². The molecule has 0 aliphatic carbocycles. The van der Waals surface area contributed by atoms with Crippen LogP contribution in [-0.2, 0) is 5.60 Å². The van der Waals surface area contributed by atoms with Crippen molar-refractivity contribution in [1.82, 2.24) is 10.3 Å². The molecule has 1 unspecified atom stereocenters. The second-order valence-electron chi connectivity index (χ2n) is 3.61. The Morgan fingerprint density at radius 3 is 3.07 bits per heavy atom. The van der Waals surface area contributed by atoms with Crippen molar-refractivity contribution in [3.63, 3.8) is 0 Å². The van der Waals surface area contributed by atoms with Crippen LogP contribution in [0.4, 0.5) is 0 Å². The summed E-state index contributed by atoms with van der Waals surface area (Å²) in [5, 5.41) is 16.5. The van der Waals surface area contributed by atoms with Crippen LogP contribution in [0.1, 0.15) is 24.3 Å². The fourth-order valence-electron chi connectivity index (χ4n) is 1.73. The summed E-state index contributed by atoms with van der Waals surface area (Å²) in [6.07, 6.45) is 2.57. The second kappa shape index (κ2) is 4.26. The number of halogens is 1. The zero-order valence-electron chi connectivity index (χ0n) is 7.79. The maximum absolute atomic E-state index is 10.4. The molecule has 14 heavy (non-hydrogen) atoms. The normalized spacial score (nSPS) is 28.7. The topological polar surface area (TPSA) is 45.2 Å². The Morgan fingerprint density at radius 1 is 1.50 bits per heavy atom. The summed E-state index contributed by atoms with van der Waals surface area (Å²) in [5.74, 6) is 0. The van der Waals surface area contributed by atoms with E-state index in [2.05, 4.69) is 26.2 Å². The molecule has 1 aromatic heterocycles. The number of hydrogen-bond acceptors (Lipinski definition) is 4. The van der Waals surface area contributed by atoms with Crippen molar-refractivity contribution in [2.24, 2.45) is 0 Å². The lowest BCUT2D eigenvalue weighted by Crippen LogP contribution is -2.26. The van der Waals surface area contributed by atoms with E-state index in [-0.39, 0.29) is 0 Å². The molecule has 1 saturated heterocycles. The number of thiazole rings is 1. The highest BCUT2D eigenvalue weighted by molar-refractivity contribution is 9.10. The highest BCUT2D eigenvalue weighted by atomic mass is 79.9. The number of hydrogen-bond donors (Lipinski definition) is 2. The molecule has 0 radical (unpaired) electrons. The zero-order chi connectivity index (χ0) is 10.0. The van der Waals surface area contributed by atoms with Crippen molar-refractivity contribution in [3.8, 4) is 0 Å². The van der Waals surface area contributed by atoms with E-state index in [0.717, 1.165) is 42.0 Å². The number of rotatable bonds is 1. The molecule has 0 saturated carbocycles.